The lowest BCUT2D eigenvalue weighted by Crippen LogP contribution is -2.54. The van der Waals surface area contributed by atoms with Crippen molar-refractivity contribution in [1.29, 1.82) is 0 Å². The zero-order valence-electron chi connectivity index (χ0n) is 29.6. The molecule has 266 valence electrons. The first-order valence-electron chi connectivity index (χ1n) is 16.7. The predicted octanol–water partition coefficient (Wildman–Crippen LogP) is 6.16. The molecule has 4 aromatic carbocycles. The highest BCUT2D eigenvalue weighted by atomic mass is 32.2. The van der Waals surface area contributed by atoms with Gasteiger partial charge in [0.2, 0.25) is 11.8 Å². The fraction of sp³-hybridized carbons (Fsp3) is 0.333. The predicted molar refractivity (Wildman–Crippen MR) is 195 cm³/mol. The Bertz CT molecular complexity index is 1830. The van der Waals surface area contributed by atoms with Crippen molar-refractivity contribution >= 4 is 27.5 Å². The first-order chi connectivity index (χ1) is 24.0. The number of rotatable bonds is 17. The van der Waals surface area contributed by atoms with Crippen LogP contribution in [0.25, 0.3) is 0 Å². The van der Waals surface area contributed by atoms with Crippen molar-refractivity contribution in [1.82, 2.24) is 10.2 Å². The molecule has 0 saturated heterocycles. The molecule has 11 heteroatoms. The van der Waals surface area contributed by atoms with Gasteiger partial charge in [-0.15, -0.1) is 0 Å². The van der Waals surface area contributed by atoms with Crippen LogP contribution in [-0.2, 0) is 32.6 Å². The maximum absolute atomic E-state index is 14.7. The van der Waals surface area contributed by atoms with Crippen LogP contribution in [0.3, 0.4) is 0 Å². The van der Waals surface area contributed by atoms with Gasteiger partial charge in [-0.3, -0.25) is 13.9 Å². The van der Waals surface area contributed by atoms with Gasteiger partial charge in [-0.1, -0.05) is 67.1 Å². The van der Waals surface area contributed by atoms with Gasteiger partial charge in [0.1, 0.15) is 18.3 Å². The molecule has 4 rings (SSSR count). The molecule has 10 nitrogen and oxygen atoms in total. The molecule has 0 bridgehead atoms. The second-order valence-electron chi connectivity index (χ2n) is 12.0. The van der Waals surface area contributed by atoms with Crippen molar-refractivity contribution in [2.75, 3.05) is 31.7 Å². The molecular weight excluding hydrogens is 655 g/mol. The SMILES string of the molecule is CCOc1ccc(N(CC(=O)N(Cc2cccc(C)c2)C(Cc2ccccc2)C(=O)NC(C)CC)S(=O)(=O)c2ccc(OC)c(OC)c2)cc1. The fourth-order valence-corrected chi connectivity index (χ4v) is 6.94. The Morgan fingerprint density at radius 2 is 1.50 bits per heavy atom. The van der Waals surface area contributed by atoms with E-state index in [1.807, 2.05) is 82.3 Å². The Balaban J connectivity index is 1.84. The average molecular weight is 702 g/mol. The van der Waals surface area contributed by atoms with E-state index in [0.29, 0.717) is 24.5 Å². The molecule has 0 aliphatic rings. The number of hydrogen-bond acceptors (Lipinski definition) is 7. The molecule has 0 fully saturated rings. The number of benzene rings is 4. The summed E-state index contributed by atoms with van der Waals surface area (Å²) in [6.07, 6.45) is 0.927. The lowest BCUT2D eigenvalue weighted by molar-refractivity contribution is -0.140. The third-order valence-corrected chi connectivity index (χ3v) is 10.1. The molecule has 0 radical (unpaired) electrons. The highest BCUT2D eigenvalue weighted by molar-refractivity contribution is 7.92. The largest absolute Gasteiger partial charge is 0.494 e. The summed E-state index contributed by atoms with van der Waals surface area (Å²) in [5.41, 5.74) is 2.91. The Morgan fingerprint density at radius 3 is 2.12 bits per heavy atom. The van der Waals surface area contributed by atoms with E-state index in [4.69, 9.17) is 14.2 Å². The van der Waals surface area contributed by atoms with Gasteiger partial charge in [0.05, 0.1) is 31.4 Å². The minimum absolute atomic E-state index is 0.0828. The molecule has 2 unspecified atom stereocenters. The summed E-state index contributed by atoms with van der Waals surface area (Å²) in [6, 6.07) is 26.9. The molecule has 0 heterocycles. The zero-order valence-corrected chi connectivity index (χ0v) is 30.4. The summed E-state index contributed by atoms with van der Waals surface area (Å²) >= 11 is 0. The van der Waals surface area contributed by atoms with Gasteiger partial charge in [0.25, 0.3) is 10.0 Å². The number of hydrogen-bond donors (Lipinski definition) is 1. The van der Waals surface area contributed by atoms with Crippen LogP contribution in [0.1, 0.15) is 43.9 Å². The van der Waals surface area contributed by atoms with E-state index in [1.54, 1.807) is 24.3 Å². The summed E-state index contributed by atoms with van der Waals surface area (Å²) < 4.78 is 46.4. The smallest absolute Gasteiger partial charge is 0.264 e. The van der Waals surface area contributed by atoms with Gasteiger partial charge in [0.15, 0.2) is 11.5 Å². The Hall–Kier alpha value is -5.03. The molecule has 0 aromatic heterocycles. The van der Waals surface area contributed by atoms with Crippen LogP contribution in [-0.4, -0.2) is 64.6 Å². The van der Waals surface area contributed by atoms with E-state index >= 15 is 0 Å². The summed E-state index contributed by atoms with van der Waals surface area (Å²) in [7, 11) is -1.48. The van der Waals surface area contributed by atoms with Crippen LogP contribution in [0.4, 0.5) is 5.69 Å². The van der Waals surface area contributed by atoms with Crippen molar-refractivity contribution in [3.8, 4) is 17.2 Å². The number of anilines is 1. The van der Waals surface area contributed by atoms with Gasteiger partial charge in [-0.25, -0.2) is 8.42 Å². The van der Waals surface area contributed by atoms with E-state index in [0.717, 1.165) is 21.0 Å². The second-order valence-corrected chi connectivity index (χ2v) is 13.9. The maximum atomic E-state index is 14.7. The molecule has 2 atom stereocenters. The highest BCUT2D eigenvalue weighted by Crippen LogP contribution is 2.33. The van der Waals surface area contributed by atoms with E-state index in [2.05, 4.69) is 5.32 Å². The van der Waals surface area contributed by atoms with Gasteiger partial charge >= 0.3 is 0 Å². The lowest BCUT2D eigenvalue weighted by atomic mass is 10.0. The van der Waals surface area contributed by atoms with E-state index in [1.165, 1.54) is 37.3 Å². The molecule has 50 heavy (non-hydrogen) atoms. The van der Waals surface area contributed by atoms with Crippen LogP contribution in [0.5, 0.6) is 17.2 Å². The molecular formula is C39H47N3O7S. The first-order valence-corrected chi connectivity index (χ1v) is 18.1. The van der Waals surface area contributed by atoms with Gasteiger partial charge in [0, 0.05) is 25.1 Å². The van der Waals surface area contributed by atoms with Crippen LogP contribution in [0, 0.1) is 6.92 Å². The van der Waals surface area contributed by atoms with Crippen molar-refractivity contribution in [3.05, 3.63) is 114 Å². The minimum Gasteiger partial charge on any atom is -0.494 e. The quantitative estimate of drug-likeness (QED) is 0.140. The number of nitrogens with zero attached hydrogens (tertiary/aromatic N) is 2. The Labute approximate surface area is 296 Å². The summed E-state index contributed by atoms with van der Waals surface area (Å²) in [4.78, 5) is 30.2. The lowest BCUT2D eigenvalue weighted by Gasteiger charge is -2.34. The van der Waals surface area contributed by atoms with Crippen molar-refractivity contribution < 1.29 is 32.2 Å². The molecule has 0 aliphatic carbocycles. The molecule has 2 amide bonds. The zero-order chi connectivity index (χ0) is 36.3. The Morgan fingerprint density at radius 1 is 0.820 bits per heavy atom. The van der Waals surface area contributed by atoms with Gasteiger partial charge in [-0.05, 0) is 74.7 Å². The van der Waals surface area contributed by atoms with Crippen LogP contribution in [0.2, 0.25) is 0 Å². The Kier molecular flexibility index (Phi) is 13.3. The van der Waals surface area contributed by atoms with Crippen molar-refractivity contribution in [2.45, 2.75) is 64.1 Å². The monoisotopic (exact) mass is 701 g/mol. The highest BCUT2D eigenvalue weighted by Gasteiger charge is 2.35. The molecule has 0 spiro atoms. The number of ether oxygens (including phenoxy) is 3. The van der Waals surface area contributed by atoms with Crippen molar-refractivity contribution in [2.24, 2.45) is 0 Å². The average Bonchev–Trinajstić information content (AvgIpc) is 3.12. The molecule has 4 aromatic rings. The molecule has 1 N–H and O–H groups in total. The van der Waals surface area contributed by atoms with Crippen molar-refractivity contribution in [3.63, 3.8) is 0 Å². The van der Waals surface area contributed by atoms with E-state index in [-0.39, 0.29) is 41.2 Å². The summed E-state index contributed by atoms with van der Waals surface area (Å²) in [6.45, 7) is 7.62. The number of methoxy groups -OCH3 is 2. The number of nitrogens with one attached hydrogen (secondary N) is 1. The second kappa shape index (κ2) is 17.6. The number of amides is 2. The summed E-state index contributed by atoms with van der Waals surface area (Å²) in [5, 5.41) is 3.06. The third-order valence-electron chi connectivity index (χ3n) is 8.37. The van der Waals surface area contributed by atoms with E-state index in [9.17, 15) is 18.0 Å². The first kappa shape index (κ1) is 37.8. The standard InChI is InChI=1S/C39H47N3O7S/c1-7-29(4)40-39(44)35(24-30-14-10-9-11-15-30)41(26-31-16-12-13-28(3)23-31)38(43)27-42(32-17-19-33(20-18-32)49-8-2)50(45,46)34-21-22-36(47-5)37(25-34)48-6/h9-23,25,29,35H,7-8,24,26-27H2,1-6H3,(H,40,44). The maximum Gasteiger partial charge on any atom is 0.264 e. The normalized spacial score (nSPS) is 12.4. The van der Waals surface area contributed by atoms with Crippen LogP contribution >= 0.6 is 0 Å². The molecule has 0 aliphatic heterocycles. The summed E-state index contributed by atoms with van der Waals surface area (Å²) in [5.74, 6) is 0.258. The van der Waals surface area contributed by atoms with E-state index < -0.39 is 28.5 Å². The fourth-order valence-electron chi connectivity index (χ4n) is 5.51. The van der Waals surface area contributed by atoms with Crippen LogP contribution in [0.15, 0.2) is 102 Å². The van der Waals surface area contributed by atoms with Gasteiger partial charge in [-0.2, -0.15) is 0 Å². The topological polar surface area (TPSA) is 114 Å². The van der Waals surface area contributed by atoms with Crippen LogP contribution < -0.4 is 23.8 Å². The number of sulfonamides is 1. The number of carbonyl (C=O) groups excluding carboxylic acids is 2. The third kappa shape index (κ3) is 9.56. The van der Waals surface area contributed by atoms with Gasteiger partial charge < -0.3 is 24.4 Å². The minimum atomic E-state index is -4.36. The molecule has 0 saturated carbocycles. The number of carbonyl (C=O) groups is 2. The number of aryl methyl sites for hydroxylation is 1.